The Morgan fingerprint density at radius 2 is 2.22 bits per heavy atom. The van der Waals surface area contributed by atoms with Gasteiger partial charge in [-0.05, 0) is 35.9 Å². The molecule has 0 saturated carbocycles. The van der Waals surface area contributed by atoms with E-state index in [9.17, 15) is 9.18 Å². The second-order valence-electron chi connectivity index (χ2n) is 3.31. The van der Waals surface area contributed by atoms with Crippen molar-refractivity contribution >= 4 is 45.9 Å². The first kappa shape index (κ1) is 13.2. The highest BCUT2D eigenvalue weighted by atomic mass is 35.5. The third-order valence-corrected chi connectivity index (χ3v) is 3.40. The highest BCUT2D eigenvalue weighted by Crippen LogP contribution is 2.32. The van der Waals surface area contributed by atoms with Crippen molar-refractivity contribution in [2.45, 2.75) is 0 Å². The molecule has 0 radical (unpaired) electrons. The van der Waals surface area contributed by atoms with Crippen LogP contribution in [-0.2, 0) is 4.79 Å². The Labute approximate surface area is 117 Å². The molecule has 0 bridgehead atoms. The van der Waals surface area contributed by atoms with Crippen LogP contribution in [0.1, 0.15) is 5.69 Å². The molecule has 0 atom stereocenters. The summed E-state index contributed by atoms with van der Waals surface area (Å²) in [5.74, 6) is -0.430. The van der Waals surface area contributed by atoms with E-state index in [-0.39, 0.29) is 5.56 Å². The summed E-state index contributed by atoms with van der Waals surface area (Å²) in [6.45, 7) is 0. The Hall–Kier alpha value is -1.23. The number of benzene rings is 1. The summed E-state index contributed by atoms with van der Waals surface area (Å²) in [7, 11) is 0. The summed E-state index contributed by atoms with van der Waals surface area (Å²) in [5, 5.41) is 1.86. The average molecular weight is 302 g/mol. The van der Waals surface area contributed by atoms with E-state index in [1.165, 1.54) is 35.6 Å². The maximum atomic E-state index is 13.6. The van der Waals surface area contributed by atoms with E-state index in [1.54, 1.807) is 11.4 Å². The molecule has 18 heavy (non-hydrogen) atoms. The van der Waals surface area contributed by atoms with Crippen LogP contribution in [0.25, 0.3) is 16.6 Å². The van der Waals surface area contributed by atoms with E-state index in [0.717, 1.165) is 0 Å². The van der Waals surface area contributed by atoms with Gasteiger partial charge in [-0.2, -0.15) is 0 Å². The fourth-order valence-electron chi connectivity index (χ4n) is 1.33. The molecular weight excluding hydrogens is 296 g/mol. The molecule has 0 aliphatic heterocycles. The van der Waals surface area contributed by atoms with Gasteiger partial charge in [0.25, 0.3) is 0 Å². The van der Waals surface area contributed by atoms with Crippen LogP contribution in [0.15, 0.2) is 29.7 Å². The zero-order valence-corrected chi connectivity index (χ0v) is 11.2. The second kappa shape index (κ2) is 5.61. The maximum Gasteiger partial charge on any atom is 0.245 e. The van der Waals surface area contributed by atoms with E-state index >= 15 is 0 Å². The van der Waals surface area contributed by atoms with Gasteiger partial charge in [-0.15, -0.1) is 11.3 Å². The highest BCUT2D eigenvalue weighted by Gasteiger charge is 2.12. The first-order valence-corrected chi connectivity index (χ1v) is 6.49. The van der Waals surface area contributed by atoms with Gasteiger partial charge in [0.2, 0.25) is 5.24 Å². The molecule has 0 saturated heterocycles. The number of allylic oxidation sites excluding steroid dienone is 1. The van der Waals surface area contributed by atoms with Crippen LogP contribution < -0.4 is 0 Å². The van der Waals surface area contributed by atoms with Gasteiger partial charge in [-0.25, -0.2) is 9.37 Å². The first-order chi connectivity index (χ1) is 8.58. The number of rotatable bonds is 3. The predicted octanol–water partition coefficient (Wildman–Crippen LogP) is 4.38. The smallest absolute Gasteiger partial charge is 0.245 e. The van der Waals surface area contributed by atoms with Crippen LogP contribution in [-0.4, -0.2) is 10.2 Å². The topological polar surface area (TPSA) is 30.0 Å². The van der Waals surface area contributed by atoms with Gasteiger partial charge in [-0.1, -0.05) is 17.7 Å². The molecule has 6 heteroatoms. The number of carbonyl (C=O) groups is 1. The van der Waals surface area contributed by atoms with Crippen molar-refractivity contribution in [1.29, 1.82) is 0 Å². The molecule has 1 aromatic carbocycles. The van der Waals surface area contributed by atoms with Crippen molar-refractivity contribution in [2.24, 2.45) is 0 Å². The minimum Gasteiger partial charge on any atom is -0.276 e. The molecule has 0 amide bonds. The summed E-state index contributed by atoms with van der Waals surface area (Å²) in [6, 6.07) is 4.45. The molecule has 1 heterocycles. The van der Waals surface area contributed by atoms with E-state index in [2.05, 4.69) is 4.98 Å². The van der Waals surface area contributed by atoms with Gasteiger partial charge < -0.3 is 0 Å². The number of nitrogens with zero attached hydrogens (tertiary/aromatic N) is 1. The largest absolute Gasteiger partial charge is 0.276 e. The van der Waals surface area contributed by atoms with Crippen LogP contribution in [0.3, 0.4) is 0 Å². The summed E-state index contributed by atoms with van der Waals surface area (Å²) in [4.78, 5) is 14.7. The summed E-state index contributed by atoms with van der Waals surface area (Å²) in [6.07, 6.45) is 2.65. The van der Waals surface area contributed by atoms with Crippen molar-refractivity contribution in [3.8, 4) is 10.6 Å². The third kappa shape index (κ3) is 2.96. The van der Waals surface area contributed by atoms with Crippen molar-refractivity contribution in [1.82, 2.24) is 4.98 Å². The quantitative estimate of drug-likeness (QED) is 0.622. The summed E-state index contributed by atoms with van der Waals surface area (Å²) in [5.41, 5.74) is 0.796. The van der Waals surface area contributed by atoms with Crippen LogP contribution in [0.4, 0.5) is 4.39 Å². The fourth-order valence-corrected chi connectivity index (χ4v) is 2.55. The zero-order chi connectivity index (χ0) is 13.1. The van der Waals surface area contributed by atoms with Crippen LogP contribution in [0, 0.1) is 5.82 Å². The number of aromatic nitrogens is 1. The number of carbonyl (C=O) groups excluding carboxylic acids is 1. The summed E-state index contributed by atoms with van der Waals surface area (Å²) < 4.78 is 13.6. The Morgan fingerprint density at radius 1 is 1.44 bits per heavy atom. The molecule has 0 aliphatic rings. The molecule has 2 aromatic rings. The Morgan fingerprint density at radius 3 is 2.89 bits per heavy atom. The fraction of sp³-hybridized carbons (Fsp3) is 0. The second-order valence-corrected chi connectivity index (χ2v) is 4.95. The van der Waals surface area contributed by atoms with Crippen LogP contribution in [0.5, 0.6) is 0 Å². The molecule has 92 valence electrons. The van der Waals surface area contributed by atoms with Crippen molar-refractivity contribution in [3.05, 3.63) is 46.2 Å². The molecule has 0 spiro atoms. The molecule has 0 unspecified atom stereocenters. The minimum absolute atomic E-state index is 0.265. The molecule has 0 aliphatic carbocycles. The number of hydrogen-bond donors (Lipinski definition) is 0. The zero-order valence-electron chi connectivity index (χ0n) is 8.86. The SMILES string of the molecule is O=C(Cl)/C=C/c1csc(-c2c(F)cccc2Cl)n1. The number of hydrogen-bond acceptors (Lipinski definition) is 3. The standard InChI is InChI=1S/C12H6Cl2FNOS/c13-8-2-1-3-9(15)11(8)12-16-7(6-18-12)4-5-10(14)17/h1-6H/b5-4+. The molecule has 0 N–H and O–H groups in total. The van der Waals surface area contributed by atoms with Gasteiger partial charge in [-0.3, -0.25) is 4.79 Å². The lowest BCUT2D eigenvalue weighted by atomic mass is 10.2. The van der Waals surface area contributed by atoms with Gasteiger partial charge in [0, 0.05) is 5.38 Å². The Balaban J connectivity index is 2.38. The Bertz CT molecular complexity index is 604. The van der Waals surface area contributed by atoms with Gasteiger partial charge in [0.05, 0.1) is 16.3 Å². The van der Waals surface area contributed by atoms with Gasteiger partial charge in [0.1, 0.15) is 10.8 Å². The molecule has 1 aromatic heterocycles. The van der Waals surface area contributed by atoms with Crippen molar-refractivity contribution in [2.75, 3.05) is 0 Å². The third-order valence-electron chi connectivity index (χ3n) is 2.08. The first-order valence-electron chi connectivity index (χ1n) is 4.85. The van der Waals surface area contributed by atoms with Gasteiger partial charge in [0.15, 0.2) is 0 Å². The molecule has 0 fully saturated rings. The van der Waals surface area contributed by atoms with Crippen LogP contribution >= 0.6 is 34.5 Å². The number of thiazole rings is 1. The monoisotopic (exact) mass is 301 g/mol. The van der Waals surface area contributed by atoms with Crippen molar-refractivity contribution in [3.63, 3.8) is 0 Å². The van der Waals surface area contributed by atoms with E-state index in [4.69, 9.17) is 23.2 Å². The molecular formula is C12H6Cl2FNOS. The lowest BCUT2D eigenvalue weighted by molar-refractivity contribution is -0.107. The number of halogens is 3. The Kier molecular flexibility index (Phi) is 4.11. The minimum atomic E-state index is -0.589. The van der Waals surface area contributed by atoms with E-state index in [0.29, 0.717) is 15.7 Å². The predicted molar refractivity (Wildman–Crippen MR) is 72.4 cm³/mol. The van der Waals surface area contributed by atoms with Crippen molar-refractivity contribution < 1.29 is 9.18 Å². The van der Waals surface area contributed by atoms with Crippen LogP contribution in [0.2, 0.25) is 5.02 Å². The average Bonchev–Trinajstić information content (AvgIpc) is 2.75. The van der Waals surface area contributed by atoms with E-state index < -0.39 is 11.1 Å². The van der Waals surface area contributed by atoms with Gasteiger partial charge >= 0.3 is 0 Å². The summed E-state index contributed by atoms with van der Waals surface area (Å²) >= 11 is 12.3. The highest BCUT2D eigenvalue weighted by molar-refractivity contribution is 7.13. The molecule has 2 nitrogen and oxygen atoms in total. The molecule has 2 rings (SSSR count). The normalized spacial score (nSPS) is 11.1. The lowest BCUT2D eigenvalue weighted by Gasteiger charge is -2.00. The van der Waals surface area contributed by atoms with E-state index in [1.807, 2.05) is 0 Å². The lowest BCUT2D eigenvalue weighted by Crippen LogP contribution is -1.85. The maximum absolute atomic E-state index is 13.6.